The molecule has 0 saturated heterocycles. The largest absolute Gasteiger partial charge is 1.00 e. The molecule has 0 heterocycles. The Balaban J connectivity index is -0.000000389. The molecular weight excluding hydrogens is 678 g/mol. The van der Waals surface area contributed by atoms with E-state index in [2.05, 4.69) is 46.5 Å². The van der Waals surface area contributed by atoms with Crippen molar-refractivity contribution in [3.05, 3.63) is 24.3 Å². The summed E-state index contributed by atoms with van der Waals surface area (Å²) in [6.07, 6.45) is 36.1. The second kappa shape index (κ2) is 44.3. The van der Waals surface area contributed by atoms with Gasteiger partial charge in [0.2, 0.25) is 20.8 Å². The van der Waals surface area contributed by atoms with Gasteiger partial charge in [0.1, 0.15) is 0 Å². The van der Waals surface area contributed by atoms with Gasteiger partial charge in [-0.15, -0.1) is 0 Å². The van der Waals surface area contributed by atoms with Gasteiger partial charge in [-0.3, -0.25) is 8.37 Å². The van der Waals surface area contributed by atoms with Crippen molar-refractivity contribution in [2.24, 2.45) is 0 Å². The Bertz CT molecular complexity index is 886. The number of hydrogen-bond acceptors (Lipinski definition) is 10. The number of rotatable bonds is 34. The average molecular weight is 745 g/mol. The molecule has 14 heteroatoms. The molecule has 0 amide bonds. The van der Waals surface area contributed by atoms with Gasteiger partial charge in [-0.1, -0.05) is 122 Å². The van der Waals surface area contributed by atoms with E-state index in [1.165, 1.54) is 116 Å². The molecule has 0 aliphatic heterocycles. The Morgan fingerprint density at radius 1 is 0.396 bits per heavy atom. The molecule has 10 nitrogen and oxygen atoms in total. The van der Waals surface area contributed by atoms with Gasteiger partial charge < -0.3 is 18.6 Å². The summed E-state index contributed by atoms with van der Waals surface area (Å²) in [5.41, 5.74) is 0. The summed E-state index contributed by atoms with van der Waals surface area (Å²) in [7, 11) is -9.16. The third kappa shape index (κ3) is 59.3. The van der Waals surface area contributed by atoms with Crippen molar-refractivity contribution in [2.75, 3.05) is 39.6 Å². The molecule has 0 aromatic carbocycles. The van der Waals surface area contributed by atoms with Crippen LogP contribution in [0.3, 0.4) is 0 Å². The van der Waals surface area contributed by atoms with E-state index >= 15 is 0 Å². The van der Waals surface area contributed by atoms with Crippen molar-refractivity contribution in [3.63, 3.8) is 0 Å². The summed E-state index contributed by atoms with van der Waals surface area (Å²) >= 11 is 0. The molecule has 0 spiro atoms. The molecule has 0 fully saturated rings. The molecule has 0 unspecified atom stereocenters. The second-order valence-corrected chi connectivity index (χ2v) is 13.5. The summed E-state index contributed by atoms with van der Waals surface area (Å²) in [5.74, 6) is 0. The van der Waals surface area contributed by atoms with Crippen molar-refractivity contribution in [1.82, 2.24) is 0 Å². The fourth-order valence-electron chi connectivity index (χ4n) is 4.42. The van der Waals surface area contributed by atoms with E-state index in [9.17, 15) is 25.9 Å². The maximum absolute atomic E-state index is 10.2. The number of unbranched alkanes of at least 4 members (excludes halogenated alkanes) is 18. The van der Waals surface area contributed by atoms with Crippen LogP contribution >= 0.6 is 0 Å². The van der Waals surface area contributed by atoms with Crippen LogP contribution in [-0.2, 0) is 38.6 Å². The molecule has 0 saturated carbocycles. The fraction of sp³-hybridized carbons (Fsp3) is 0.882. The van der Waals surface area contributed by atoms with E-state index in [0.717, 1.165) is 25.7 Å². The summed E-state index contributed by atoms with van der Waals surface area (Å²) in [5, 5.41) is 0. The first-order valence-corrected chi connectivity index (χ1v) is 20.4. The van der Waals surface area contributed by atoms with Crippen LogP contribution in [0.15, 0.2) is 24.3 Å². The van der Waals surface area contributed by atoms with E-state index in [4.69, 9.17) is 9.47 Å². The first-order chi connectivity index (χ1) is 22.1. The van der Waals surface area contributed by atoms with Crippen molar-refractivity contribution >= 4 is 20.8 Å². The van der Waals surface area contributed by atoms with E-state index in [-0.39, 0.29) is 85.5 Å². The molecule has 0 N–H and O–H groups in total. The minimum Gasteiger partial charge on any atom is -0.726 e. The normalized spacial score (nSPS) is 11.8. The van der Waals surface area contributed by atoms with Gasteiger partial charge in [-0.05, 0) is 57.8 Å². The summed E-state index contributed by atoms with van der Waals surface area (Å²) in [6.45, 7) is 5.52. The van der Waals surface area contributed by atoms with Crippen molar-refractivity contribution in [1.29, 1.82) is 0 Å². The van der Waals surface area contributed by atoms with E-state index in [0.29, 0.717) is 13.2 Å². The zero-order valence-corrected chi connectivity index (χ0v) is 36.6. The van der Waals surface area contributed by atoms with Crippen molar-refractivity contribution in [2.45, 2.75) is 155 Å². The third-order valence-corrected chi connectivity index (χ3v) is 7.92. The van der Waals surface area contributed by atoms with E-state index in [1.54, 1.807) is 0 Å². The SMILES string of the molecule is CCCC/C=C/CCCCCCCCOCCOS(=O)(=O)[O-].CCCCCC/C=C/CCCCCCCCOCCOS(=O)(=O)[O-].[Na+].[Na+]. The molecule has 0 bridgehead atoms. The molecule has 0 rings (SSSR count). The minimum absolute atomic E-state index is 0. The predicted octanol–water partition coefficient (Wildman–Crippen LogP) is 2.70. The summed E-state index contributed by atoms with van der Waals surface area (Å²) in [4.78, 5) is 0. The Hall–Kier alpha value is 1.14. The maximum Gasteiger partial charge on any atom is 1.00 e. The molecular formula is C34H66Na2O10S2. The number of hydrogen-bond donors (Lipinski definition) is 0. The average Bonchev–Trinajstić information content (AvgIpc) is 2.99. The maximum atomic E-state index is 10.2. The molecule has 0 atom stereocenters. The first kappa shape index (κ1) is 55.9. The van der Waals surface area contributed by atoms with Gasteiger partial charge in [0.05, 0.1) is 26.4 Å². The van der Waals surface area contributed by atoms with Crippen LogP contribution in [0.1, 0.15) is 155 Å². The Kier molecular flexibility index (Phi) is 51.6. The van der Waals surface area contributed by atoms with Gasteiger partial charge in [-0.2, -0.15) is 0 Å². The third-order valence-electron chi connectivity index (χ3n) is 7.01. The monoisotopic (exact) mass is 744 g/mol. The molecule has 0 aliphatic rings. The number of ether oxygens (including phenoxy) is 2. The van der Waals surface area contributed by atoms with Gasteiger partial charge in [0, 0.05) is 13.2 Å². The Morgan fingerprint density at radius 3 is 1.02 bits per heavy atom. The number of allylic oxidation sites excluding steroid dienone is 4. The van der Waals surface area contributed by atoms with Crippen LogP contribution in [-0.4, -0.2) is 65.6 Å². The zero-order chi connectivity index (χ0) is 34.5. The molecule has 0 radical (unpaired) electrons. The Morgan fingerprint density at radius 2 is 0.688 bits per heavy atom. The van der Waals surface area contributed by atoms with Gasteiger partial charge in [0.15, 0.2) is 0 Å². The van der Waals surface area contributed by atoms with Gasteiger partial charge in [-0.25, -0.2) is 16.8 Å². The smallest absolute Gasteiger partial charge is 0.726 e. The van der Waals surface area contributed by atoms with E-state index < -0.39 is 20.8 Å². The van der Waals surface area contributed by atoms with Crippen LogP contribution < -0.4 is 59.1 Å². The molecule has 48 heavy (non-hydrogen) atoms. The molecule has 0 aromatic heterocycles. The van der Waals surface area contributed by atoms with Crippen molar-refractivity contribution in [3.8, 4) is 0 Å². The molecule has 276 valence electrons. The van der Waals surface area contributed by atoms with Crippen molar-refractivity contribution < 1.29 is 103 Å². The van der Waals surface area contributed by atoms with Gasteiger partial charge in [0.25, 0.3) is 0 Å². The topological polar surface area (TPSA) is 151 Å². The summed E-state index contributed by atoms with van der Waals surface area (Å²) < 4.78 is 79.4. The minimum atomic E-state index is -4.58. The van der Waals surface area contributed by atoms with Crippen LogP contribution in [0.4, 0.5) is 0 Å². The first-order valence-electron chi connectivity index (χ1n) is 17.8. The zero-order valence-electron chi connectivity index (χ0n) is 31.0. The Labute approximate surface area is 339 Å². The van der Waals surface area contributed by atoms with Gasteiger partial charge >= 0.3 is 59.1 Å². The molecule has 0 aromatic rings. The fourth-order valence-corrected chi connectivity index (χ4v) is 4.97. The summed E-state index contributed by atoms with van der Waals surface area (Å²) in [6, 6.07) is 0. The second-order valence-electron chi connectivity index (χ2n) is 11.4. The van der Waals surface area contributed by atoms with Crippen LogP contribution in [0.2, 0.25) is 0 Å². The quantitative estimate of drug-likeness (QED) is 0.0316. The predicted molar refractivity (Wildman–Crippen MR) is 184 cm³/mol. The molecule has 0 aliphatic carbocycles. The van der Waals surface area contributed by atoms with Crippen LogP contribution in [0.5, 0.6) is 0 Å². The van der Waals surface area contributed by atoms with E-state index in [1.807, 2.05) is 0 Å². The van der Waals surface area contributed by atoms with Crippen LogP contribution in [0.25, 0.3) is 0 Å². The standard InChI is InChI=1S/C18H36O5S.C16H32O5S.2Na/c1-2-3-4-5-6-7-8-9-10-11-12-13-14-15-16-22-17-18-23-24(19,20)21;1-2-3-4-5-6-7-8-9-10-11-12-13-14-20-15-16-21-22(17,18)19;;/h7-8H,2-6,9-18H2,1H3,(H,19,20,21);5-6H,2-4,7-16H2,1H3,(H,17,18,19);;/q;;2*+1/p-2/b8-7+;6-5+;;. The van der Waals surface area contributed by atoms with Crippen LogP contribution in [0, 0.1) is 0 Å².